The van der Waals surface area contributed by atoms with Crippen LogP contribution in [-0.4, -0.2) is 51.2 Å². The molecule has 0 spiro atoms. The molecular weight excluding hydrogens is 598 g/mol. The fourth-order valence-electron chi connectivity index (χ4n) is 6.76. The summed E-state index contributed by atoms with van der Waals surface area (Å²) in [6.45, 7) is 10.7. The van der Waals surface area contributed by atoms with E-state index in [1.807, 2.05) is 36.5 Å². The Balaban J connectivity index is 1.19. The molecule has 0 bridgehead atoms. The van der Waals surface area contributed by atoms with Crippen LogP contribution in [0.15, 0.2) is 77.5 Å². The summed E-state index contributed by atoms with van der Waals surface area (Å²) in [6.07, 6.45) is 4.84. The zero-order valence-corrected chi connectivity index (χ0v) is 27.5. The number of aliphatic hydroxyl groups is 1. The zero-order chi connectivity index (χ0) is 33.2. The third kappa shape index (κ3) is 6.26. The molecule has 0 aliphatic carbocycles. The Morgan fingerprint density at radius 2 is 1.81 bits per heavy atom. The number of nitriles is 1. The van der Waals surface area contributed by atoms with Crippen LogP contribution >= 0.6 is 0 Å². The third-order valence-electron chi connectivity index (χ3n) is 9.30. The van der Waals surface area contributed by atoms with E-state index in [9.17, 15) is 5.26 Å². The molecule has 6 aromatic rings. The van der Waals surface area contributed by atoms with Crippen LogP contribution in [0, 0.1) is 31.1 Å². The number of aromatic nitrogens is 3. The molecule has 0 unspecified atom stereocenters. The van der Waals surface area contributed by atoms with Crippen molar-refractivity contribution in [1.82, 2.24) is 25.2 Å². The first-order valence-corrected chi connectivity index (χ1v) is 16.5. The highest BCUT2D eigenvalue weighted by Gasteiger charge is 2.21. The van der Waals surface area contributed by atoms with Crippen LogP contribution < -0.4 is 10.6 Å². The molecule has 3 aromatic carbocycles. The molecule has 9 heteroatoms. The average Bonchev–Trinajstić information content (AvgIpc) is 3.71. The highest BCUT2D eigenvalue weighted by Crippen LogP contribution is 2.38. The molecule has 0 saturated carbocycles. The van der Waals surface area contributed by atoms with Gasteiger partial charge in [-0.1, -0.05) is 31.2 Å². The molecule has 1 aliphatic rings. The summed E-state index contributed by atoms with van der Waals surface area (Å²) in [5.74, 6) is 1.90. The van der Waals surface area contributed by atoms with Crippen molar-refractivity contribution >= 4 is 33.5 Å². The molecule has 3 N–H and O–H groups in total. The number of hydrogen-bond donors (Lipinski definition) is 3. The van der Waals surface area contributed by atoms with Gasteiger partial charge < -0.3 is 20.2 Å². The SMILES string of the molecule is Cc1c(Nc2nccc3cc(CNCCO)cnc23)cccc1-c1cccc(-c2nc3cc(CN4CC[C@@H](C)C4)cc(C#N)c3o2)c1C. The van der Waals surface area contributed by atoms with Gasteiger partial charge in [0.1, 0.15) is 17.1 Å². The number of aliphatic hydroxyl groups excluding tert-OH is 1. The second kappa shape index (κ2) is 13.5. The first-order chi connectivity index (χ1) is 23.4. The van der Waals surface area contributed by atoms with Gasteiger partial charge in [-0.15, -0.1) is 0 Å². The quantitative estimate of drug-likeness (QED) is 0.133. The summed E-state index contributed by atoms with van der Waals surface area (Å²) in [5, 5.41) is 26.8. The second-order valence-corrected chi connectivity index (χ2v) is 12.8. The lowest BCUT2D eigenvalue weighted by Gasteiger charge is -2.16. The Morgan fingerprint density at radius 1 is 1.00 bits per heavy atom. The minimum atomic E-state index is 0.0978. The molecule has 7 rings (SSSR count). The van der Waals surface area contributed by atoms with Crippen molar-refractivity contribution < 1.29 is 9.52 Å². The van der Waals surface area contributed by atoms with Crippen molar-refractivity contribution in [2.24, 2.45) is 5.92 Å². The summed E-state index contributed by atoms with van der Waals surface area (Å²) in [6, 6.07) is 22.8. The van der Waals surface area contributed by atoms with E-state index >= 15 is 0 Å². The van der Waals surface area contributed by atoms with Crippen LogP contribution in [0.1, 0.15) is 41.2 Å². The molecule has 4 heterocycles. The molecule has 9 nitrogen and oxygen atoms in total. The fourth-order valence-corrected chi connectivity index (χ4v) is 6.76. The van der Waals surface area contributed by atoms with Crippen LogP contribution in [0.5, 0.6) is 0 Å². The first-order valence-electron chi connectivity index (χ1n) is 16.5. The second-order valence-electron chi connectivity index (χ2n) is 12.8. The molecule has 242 valence electrons. The molecule has 48 heavy (non-hydrogen) atoms. The van der Waals surface area contributed by atoms with Crippen LogP contribution in [0.3, 0.4) is 0 Å². The van der Waals surface area contributed by atoms with Gasteiger partial charge in [0.2, 0.25) is 5.89 Å². The van der Waals surface area contributed by atoms with Crippen LogP contribution in [0.2, 0.25) is 0 Å². The van der Waals surface area contributed by atoms with Gasteiger partial charge >= 0.3 is 0 Å². The van der Waals surface area contributed by atoms with E-state index in [0.717, 1.165) is 75.2 Å². The number of nitrogens with one attached hydrogen (secondary N) is 2. The van der Waals surface area contributed by atoms with E-state index in [0.29, 0.717) is 47.4 Å². The lowest BCUT2D eigenvalue weighted by atomic mass is 9.93. The number of fused-ring (bicyclic) bond motifs is 2. The number of oxazole rings is 1. The Kier molecular flexibility index (Phi) is 8.87. The highest BCUT2D eigenvalue weighted by molar-refractivity contribution is 5.91. The van der Waals surface area contributed by atoms with Crippen molar-refractivity contribution in [3.63, 3.8) is 0 Å². The molecule has 1 saturated heterocycles. The minimum Gasteiger partial charge on any atom is -0.435 e. The van der Waals surface area contributed by atoms with Gasteiger partial charge in [-0.05, 0) is 103 Å². The molecular formula is C39H39N7O2. The molecule has 1 fully saturated rings. The van der Waals surface area contributed by atoms with E-state index in [4.69, 9.17) is 19.5 Å². The van der Waals surface area contributed by atoms with Gasteiger partial charge in [0.15, 0.2) is 11.4 Å². The minimum absolute atomic E-state index is 0.0978. The van der Waals surface area contributed by atoms with E-state index in [-0.39, 0.29) is 6.61 Å². The van der Waals surface area contributed by atoms with Gasteiger partial charge in [0.05, 0.1) is 12.2 Å². The molecule has 1 atom stereocenters. The number of likely N-dealkylation sites (tertiary alicyclic amines) is 1. The Bertz CT molecular complexity index is 2170. The lowest BCUT2D eigenvalue weighted by molar-refractivity contribution is 0.292. The lowest BCUT2D eigenvalue weighted by Crippen LogP contribution is -2.19. The smallest absolute Gasteiger partial charge is 0.227 e. The highest BCUT2D eigenvalue weighted by atomic mass is 16.3. The Labute approximate surface area is 280 Å². The van der Waals surface area contributed by atoms with Gasteiger partial charge in [0, 0.05) is 55.2 Å². The molecule has 1 aliphatic heterocycles. The number of benzene rings is 3. The van der Waals surface area contributed by atoms with Crippen molar-refractivity contribution in [3.8, 4) is 28.7 Å². The maximum absolute atomic E-state index is 9.99. The summed E-state index contributed by atoms with van der Waals surface area (Å²) < 4.78 is 6.31. The predicted octanol–water partition coefficient (Wildman–Crippen LogP) is 7.26. The fraction of sp³-hybridized carbons (Fsp3) is 0.282. The Morgan fingerprint density at radius 3 is 2.60 bits per heavy atom. The third-order valence-corrected chi connectivity index (χ3v) is 9.30. The van der Waals surface area contributed by atoms with Crippen LogP contribution in [0.4, 0.5) is 11.5 Å². The zero-order valence-electron chi connectivity index (χ0n) is 27.5. The average molecular weight is 638 g/mol. The predicted molar refractivity (Wildman–Crippen MR) is 190 cm³/mol. The molecule has 3 aromatic heterocycles. The van der Waals surface area contributed by atoms with Crippen molar-refractivity contribution in [1.29, 1.82) is 5.26 Å². The largest absolute Gasteiger partial charge is 0.435 e. The van der Waals surface area contributed by atoms with Crippen molar-refractivity contribution in [3.05, 3.63) is 101 Å². The van der Waals surface area contributed by atoms with E-state index in [1.54, 1.807) is 6.20 Å². The Hall–Kier alpha value is -5.14. The van der Waals surface area contributed by atoms with Gasteiger partial charge in [0.25, 0.3) is 0 Å². The van der Waals surface area contributed by atoms with Crippen molar-refractivity contribution in [2.75, 3.05) is 31.6 Å². The summed E-state index contributed by atoms with van der Waals surface area (Å²) in [5.41, 5.74) is 10.8. The van der Waals surface area contributed by atoms with Crippen LogP contribution in [0.25, 0.3) is 44.6 Å². The number of hydrogen-bond acceptors (Lipinski definition) is 9. The summed E-state index contributed by atoms with van der Waals surface area (Å²) in [4.78, 5) is 16.7. The number of pyridine rings is 2. The van der Waals surface area contributed by atoms with E-state index in [2.05, 4.69) is 77.7 Å². The topological polar surface area (TPSA) is 123 Å². The number of anilines is 2. The maximum atomic E-state index is 9.99. The normalized spacial score (nSPS) is 14.9. The van der Waals surface area contributed by atoms with Crippen molar-refractivity contribution in [2.45, 2.75) is 40.3 Å². The molecule has 0 radical (unpaired) electrons. The van der Waals surface area contributed by atoms with Gasteiger partial charge in [-0.3, -0.25) is 9.88 Å². The summed E-state index contributed by atoms with van der Waals surface area (Å²) >= 11 is 0. The first kappa shape index (κ1) is 31.5. The monoisotopic (exact) mass is 637 g/mol. The van der Waals surface area contributed by atoms with E-state index in [1.165, 1.54) is 6.42 Å². The van der Waals surface area contributed by atoms with E-state index < -0.39 is 0 Å². The van der Waals surface area contributed by atoms with Gasteiger partial charge in [-0.2, -0.15) is 5.26 Å². The number of rotatable bonds is 10. The van der Waals surface area contributed by atoms with Crippen LogP contribution in [-0.2, 0) is 13.1 Å². The standard InChI is InChI=1S/C39H39N7O2/c1-24-11-14-46(22-24)23-27-16-30(19-40)37-35(18-27)45-39(48-37)33-8-4-6-31(25(33)2)32-7-5-9-34(26(32)3)44-38-36-29(10-12-42-38)17-28(21-43-36)20-41-13-15-47/h4-10,12,16-18,21,24,41,47H,11,13-15,20,22-23H2,1-3H3,(H,42,44)/t24-/m1/s1. The molecule has 0 amide bonds. The summed E-state index contributed by atoms with van der Waals surface area (Å²) in [7, 11) is 0. The van der Waals surface area contributed by atoms with Gasteiger partial charge in [-0.25, -0.2) is 9.97 Å². The maximum Gasteiger partial charge on any atom is 0.227 e. The number of nitrogens with zero attached hydrogens (tertiary/aromatic N) is 5.